The van der Waals surface area contributed by atoms with Crippen molar-refractivity contribution in [1.82, 2.24) is 5.32 Å². The molecule has 0 heterocycles. The van der Waals surface area contributed by atoms with Crippen LogP contribution in [0.15, 0.2) is 12.2 Å². The number of nitrogens with one attached hydrogen (secondary N) is 1. The molecule has 1 amide bonds. The first kappa shape index (κ1) is 56.1. The summed E-state index contributed by atoms with van der Waals surface area (Å²) >= 11 is 0. The number of rotatable bonds is 49. The normalized spacial score (nSPS) is 12.8. The number of amides is 1. The molecule has 0 aliphatic rings. The predicted octanol–water partition coefficient (Wildman–Crippen LogP) is 17.0. The van der Waals surface area contributed by atoms with Gasteiger partial charge in [-0.2, -0.15) is 0 Å². The van der Waals surface area contributed by atoms with Crippen LogP contribution < -0.4 is 5.32 Å². The maximum absolute atomic E-state index is 12.4. The minimum atomic E-state index is -0.835. The Labute approximate surface area is 358 Å². The van der Waals surface area contributed by atoms with Gasteiger partial charge in [0.25, 0.3) is 0 Å². The van der Waals surface area contributed by atoms with Crippen LogP contribution in [0.4, 0.5) is 0 Å². The molecule has 0 aliphatic heterocycles. The molecular weight excluding hydrogens is 699 g/mol. The Morgan fingerprint density at radius 1 is 0.404 bits per heavy atom. The summed E-state index contributed by atoms with van der Waals surface area (Å²) in [5.41, 5.74) is 0. The molecule has 0 saturated heterocycles. The number of aliphatic hydroxyl groups is 2. The smallest absolute Gasteiger partial charge is 0.220 e. The second kappa shape index (κ2) is 49.5. The summed E-state index contributed by atoms with van der Waals surface area (Å²) in [5.74, 6) is -0.0572. The lowest BCUT2D eigenvalue weighted by Crippen LogP contribution is -2.45. The van der Waals surface area contributed by atoms with Crippen molar-refractivity contribution in [2.24, 2.45) is 0 Å². The number of hydrogen-bond donors (Lipinski definition) is 3. The van der Waals surface area contributed by atoms with Gasteiger partial charge in [-0.25, -0.2) is 0 Å². The fourth-order valence-corrected chi connectivity index (χ4v) is 8.48. The molecule has 57 heavy (non-hydrogen) atoms. The van der Waals surface area contributed by atoms with Crippen LogP contribution in [0.2, 0.25) is 0 Å². The molecule has 340 valence electrons. The fourth-order valence-electron chi connectivity index (χ4n) is 8.48. The Morgan fingerprint density at radius 2 is 0.649 bits per heavy atom. The summed E-state index contributed by atoms with van der Waals surface area (Å²) in [6.07, 6.45) is 63.6. The highest BCUT2D eigenvalue weighted by molar-refractivity contribution is 5.76. The zero-order valence-corrected chi connectivity index (χ0v) is 39.1. The summed E-state index contributed by atoms with van der Waals surface area (Å²) in [5, 5.41) is 23.1. The zero-order chi connectivity index (χ0) is 41.4. The molecule has 3 N–H and O–H groups in total. The highest BCUT2D eigenvalue weighted by atomic mass is 16.3. The monoisotopic (exact) mass is 804 g/mol. The molecule has 0 radical (unpaired) electrons. The zero-order valence-electron chi connectivity index (χ0n) is 39.1. The van der Waals surface area contributed by atoms with Gasteiger partial charge in [-0.3, -0.25) is 4.79 Å². The lowest BCUT2D eigenvalue weighted by atomic mass is 10.0. The van der Waals surface area contributed by atoms with Crippen LogP contribution in [0.3, 0.4) is 0 Å². The highest BCUT2D eigenvalue weighted by Crippen LogP contribution is 2.17. The molecule has 0 fully saturated rings. The quantitative estimate of drug-likeness (QED) is 0.0424. The summed E-state index contributed by atoms with van der Waals surface area (Å²) in [4.78, 5) is 12.4. The Morgan fingerprint density at radius 3 is 0.912 bits per heavy atom. The average Bonchev–Trinajstić information content (AvgIpc) is 3.22. The third-order valence-corrected chi connectivity index (χ3v) is 12.5. The van der Waals surface area contributed by atoms with Crippen molar-refractivity contribution >= 4 is 5.91 Å². The van der Waals surface area contributed by atoms with E-state index in [1.54, 1.807) is 6.08 Å². The van der Waals surface area contributed by atoms with Crippen LogP contribution >= 0.6 is 0 Å². The lowest BCUT2D eigenvalue weighted by molar-refractivity contribution is -0.123. The van der Waals surface area contributed by atoms with Crippen LogP contribution in [-0.2, 0) is 4.79 Å². The van der Waals surface area contributed by atoms with Gasteiger partial charge in [0.05, 0.1) is 18.8 Å². The molecule has 0 aromatic heterocycles. The molecule has 0 aromatic carbocycles. The average molecular weight is 804 g/mol. The molecule has 0 spiro atoms. The minimum Gasteiger partial charge on any atom is -0.394 e. The van der Waals surface area contributed by atoms with Crippen molar-refractivity contribution in [2.45, 2.75) is 315 Å². The Balaban J connectivity index is 3.46. The van der Waals surface area contributed by atoms with Gasteiger partial charge in [0, 0.05) is 6.42 Å². The number of hydrogen-bond acceptors (Lipinski definition) is 3. The van der Waals surface area contributed by atoms with Gasteiger partial charge in [0.15, 0.2) is 0 Å². The van der Waals surface area contributed by atoms with E-state index in [-0.39, 0.29) is 12.5 Å². The van der Waals surface area contributed by atoms with E-state index in [2.05, 4.69) is 19.2 Å². The van der Waals surface area contributed by atoms with Crippen molar-refractivity contribution in [3.63, 3.8) is 0 Å². The summed E-state index contributed by atoms with van der Waals surface area (Å²) in [6.45, 7) is 4.35. The van der Waals surface area contributed by atoms with E-state index >= 15 is 0 Å². The van der Waals surface area contributed by atoms with E-state index < -0.39 is 12.1 Å². The largest absolute Gasteiger partial charge is 0.394 e. The lowest BCUT2D eigenvalue weighted by Gasteiger charge is -2.20. The van der Waals surface area contributed by atoms with Gasteiger partial charge in [-0.15, -0.1) is 0 Å². The van der Waals surface area contributed by atoms with Gasteiger partial charge in [-0.05, 0) is 19.3 Å². The Kier molecular flexibility index (Phi) is 48.7. The second-order valence-electron chi connectivity index (χ2n) is 18.3. The fraction of sp³-hybridized carbons (Fsp3) is 0.943. The van der Waals surface area contributed by atoms with Crippen LogP contribution in [0.1, 0.15) is 303 Å². The second-order valence-corrected chi connectivity index (χ2v) is 18.3. The van der Waals surface area contributed by atoms with E-state index in [1.807, 2.05) is 6.08 Å². The number of carbonyl (C=O) groups is 1. The van der Waals surface area contributed by atoms with Crippen LogP contribution in [0.25, 0.3) is 0 Å². The van der Waals surface area contributed by atoms with E-state index in [1.165, 1.54) is 257 Å². The number of aliphatic hydroxyl groups excluding tert-OH is 2. The first-order valence-corrected chi connectivity index (χ1v) is 26.4. The van der Waals surface area contributed by atoms with Gasteiger partial charge in [-0.1, -0.05) is 289 Å². The molecule has 0 aliphatic carbocycles. The van der Waals surface area contributed by atoms with Gasteiger partial charge in [0.1, 0.15) is 0 Å². The van der Waals surface area contributed by atoms with E-state index in [4.69, 9.17) is 0 Å². The summed E-state index contributed by atoms with van der Waals surface area (Å²) < 4.78 is 0. The van der Waals surface area contributed by atoms with Crippen molar-refractivity contribution in [2.75, 3.05) is 6.61 Å². The molecule has 0 bridgehead atoms. The molecular formula is C53H105NO3. The third kappa shape index (κ3) is 46.1. The van der Waals surface area contributed by atoms with Gasteiger partial charge >= 0.3 is 0 Å². The van der Waals surface area contributed by atoms with Crippen molar-refractivity contribution in [3.8, 4) is 0 Å². The van der Waals surface area contributed by atoms with Crippen molar-refractivity contribution in [3.05, 3.63) is 12.2 Å². The standard InChI is InChI=1S/C53H105NO3/c1-3-5-7-9-11-13-15-17-19-21-23-24-25-26-27-28-29-30-31-32-34-36-38-40-42-44-46-48-52(56)51(50-55)54-53(57)49-47-45-43-41-39-37-35-33-22-20-18-16-14-12-10-8-6-4-2/h46,48,51-52,55-56H,3-45,47,49-50H2,1-2H3,(H,54,57)/b48-46+. The number of unbranched alkanes of at least 4 members (excludes halogenated alkanes) is 42. The van der Waals surface area contributed by atoms with Crippen molar-refractivity contribution in [1.29, 1.82) is 0 Å². The van der Waals surface area contributed by atoms with Gasteiger partial charge in [0.2, 0.25) is 5.91 Å². The van der Waals surface area contributed by atoms with Crippen LogP contribution in [0.5, 0.6) is 0 Å². The predicted molar refractivity (Wildman–Crippen MR) is 253 cm³/mol. The molecule has 4 heteroatoms. The third-order valence-electron chi connectivity index (χ3n) is 12.5. The molecule has 2 atom stereocenters. The summed E-state index contributed by atoms with van der Waals surface area (Å²) in [6, 6.07) is -0.617. The topological polar surface area (TPSA) is 69.6 Å². The SMILES string of the molecule is CCCCCCCCCCCCCCCCCCCCCCCCCCC/C=C/C(O)C(CO)NC(=O)CCCCCCCCCCCCCCCCCCCC. The maximum atomic E-state index is 12.4. The minimum absolute atomic E-state index is 0.0572. The molecule has 2 unspecified atom stereocenters. The molecule has 0 saturated carbocycles. The van der Waals surface area contributed by atoms with Crippen LogP contribution in [0, 0.1) is 0 Å². The van der Waals surface area contributed by atoms with E-state index in [0.29, 0.717) is 6.42 Å². The Bertz CT molecular complexity index is 784. The first-order chi connectivity index (χ1) is 28.2. The van der Waals surface area contributed by atoms with E-state index in [0.717, 1.165) is 25.7 Å². The van der Waals surface area contributed by atoms with E-state index in [9.17, 15) is 15.0 Å². The number of carbonyl (C=O) groups excluding carboxylic acids is 1. The highest BCUT2D eigenvalue weighted by Gasteiger charge is 2.18. The molecule has 4 nitrogen and oxygen atoms in total. The molecule has 0 aromatic rings. The first-order valence-electron chi connectivity index (χ1n) is 26.4. The Hall–Kier alpha value is -0.870. The number of allylic oxidation sites excluding steroid dienone is 1. The maximum Gasteiger partial charge on any atom is 0.220 e. The van der Waals surface area contributed by atoms with Crippen molar-refractivity contribution < 1.29 is 15.0 Å². The van der Waals surface area contributed by atoms with Crippen LogP contribution in [-0.4, -0.2) is 34.9 Å². The molecule has 0 rings (SSSR count). The summed E-state index contributed by atoms with van der Waals surface area (Å²) in [7, 11) is 0. The van der Waals surface area contributed by atoms with Gasteiger partial charge < -0.3 is 15.5 Å².